The quantitative estimate of drug-likeness (QED) is 0.226. The molecule has 5 fully saturated rings. The number of carbonyl (C=O) groups is 2. The lowest BCUT2D eigenvalue weighted by molar-refractivity contribution is -0.422. The number of alkyl halides is 12. The average Bonchev–Trinajstić information content (AvgIpc) is 2.88. The number of carbonyl (C=O) groups excluding carboxylic acids is 2. The van der Waals surface area contributed by atoms with Crippen molar-refractivity contribution >= 4 is 22.1 Å². The molecule has 0 aromatic heterocycles. The first-order chi connectivity index (χ1) is 19.7. The van der Waals surface area contributed by atoms with Crippen molar-refractivity contribution in [3.63, 3.8) is 0 Å². The van der Waals surface area contributed by atoms with Gasteiger partial charge in [0.15, 0.2) is 19.0 Å². The number of esters is 2. The fourth-order valence-electron chi connectivity index (χ4n) is 6.41. The third kappa shape index (κ3) is 5.29. The molecule has 1 N–H and O–H groups in total. The second-order valence-electron chi connectivity index (χ2n) is 11.5. The Labute approximate surface area is 239 Å². The van der Waals surface area contributed by atoms with Gasteiger partial charge in [0.05, 0.1) is 5.41 Å². The Morgan fingerprint density at radius 2 is 1.20 bits per heavy atom. The second-order valence-corrected chi connectivity index (χ2v) is 12.9. The Hall–Kier alpha value is -2.07. The highest BCUT2D eigenvalue weighted by molar-refractivity contribution is 7.87. The summed E-state index contributed by atoms with van der Waals surface area (Å²) in [6, 6.07) is 0. The van der Waals surface area contributed by atoms with E-state index in [4.69, 9.17) is 14.0 Å². The molecule has 5 aliphatic rings. The van der Waals surface area contributed by atoms with E-state index in [9.17, 15) is 70.7 Å². The summed E-state index contributed by atoms with van der Waals surface area (Å²) in [6.07, 6.45) is -1.13. The van der Waals surface area contributed by atoms with Crippen LogP contribution in [0.25, 0.3) is 0 Å². The van der Waals surface area contributed by atoms with E-state index in [0.717, 1.165) is 0 Å². The van der Waals surface area contributed by atoms with E-state index in [-0.39, 0.29) is 19.3 Å². The summed E-state index contributed by atoms with van der Waals surface area (Å²) in [5.74, 6) is -37.5. The third-order valence-electron chi connectivity index (χ3n) is 8.50. The summed E-state index contributed by atoms with van der Waals surface area (Å²) in [4.78, 5) is 24.0. The van der Waals surface area contributed by atoms with Crippen LogP contribution in [0.2, 0.25) is 0 Å². The monoisotopic (exact) mass is 690 g/mol. The van der Waals surface area contributed by atoms with Crippen molar-refractivity contribution in [2.24, 2.45) is 23.2 Å². The van der Waals surface area contributed by atoms with Crippen molar-refractivity contribution in [2.75, 3.05) is 26.4 Å². The van der Waals surface area contributed by atoms with Crippen LogP contribution >= 0.6 is 0 Å². The Morgan fingerprint density at radius 1 is 0.773 bits per heavy atom. The summed E-state index contributed by atoms with van der Waals surface area (Å²) >= 11 is 0. The van der Waals surface area contributed by atoms with Crippen LogP contribution in [-0.2, 0) is 38.7 Å². The van der Waals surface area contributed by atoms with Crippen LogP contribution in [-0.4, -0.2) is 92.0 Å². The van der Waals surface area contributed by atoms with Crippen LogP contribution in [0.5, 0.6) is 0 Å². The van der Waals surface area contributed by atoms with Gasteiger partial charge >= 0.3 is 56.9 Å². The molecule has 0 radical (unpaired) electrons. The minimum absolute atomic E-state index is 0.00709. The summed E-state index contributed by atoms with van der Waals surface area (Å²) in [5.41, 5.74) is -1.76. The molecule has 1 heterocycles. The van der Waals surface area contributed by atoms with Gasteiger partial charge in [-0.05, 0) is 38.0 Å². The third-order valence-corrected chi connectivity index (χ3v) is 9.32. The molecule has 4 saturated carbocycles. The van der Waals surface area contributed by atoms with E-state index in [1.165, 1.54) is 0 Å². The zero-order valence-corrected chi connectivity index (χ0v) is 22.6. The smallest absolute Gasteiger partial charge is 0.459 e. The van der Waals surface area contributed by atoms with Crippen molar-refractivity contribution in [1.82, 2.24) is 0 Å². The van der Waals surface area contributed by atoms with Crippen LogP contribution in [0.1, 0.15) is 32.1 Å². The maximum atomic E-state index is 14.3. The van der Waals surface area contributed by atoms with Gasteiger partial charge in [0, 0.05) is 11.8 Å². The van der Waals surface area contributed by atoms with Crippen LogP contribution in [0, 0.1) is 23.2 Å². The summed E-state index contributed by atoms with van der Waals surface area (Å²) in [6.45, 7) is -9.65. The normalized spacial score (nSPS) is 32.5. The summed E-state index contributed by atoms with van der Waals surface area (Å²) < 4.78 is 214. The van der Waals surface area contributed by atoms with Gasteiger partial charge in [0.25, 0.3) is 0 Å². The molecule has 254 valence electrons. The minimum atomic E-state index is -6.51. The summed E-state index contributed by atoms with van der Waals surface area (Å²) in [5, 5.41) is -5.78. The minimum Gasteiger partial charge on any atom is -0.459 e. The van der Waals surface area contributed by atoms with E-state index < -0.39 is 125 Å². The molecular formula is C22H22F12O9S. The van der Waals surface area contributed by atoms with E-state index >= 15 is 0 Å². The van der Waals surface area contributed by atoms with E-state index in [0.29, 0.717) is 0 Å². The van der Waals surface area contributed by atoms with Gasteiger partial charge in [0.1, 0.15) is 13.2 Å². The fraction of sp³-hybridized carbons (Fsp3) is 0.909. The zero-order chi connectivity index (χ0) is 33.6. The van der Waals surface area contributed by atoms with Gasteiger partial charge in [-0.1, -0.05) is 0 Å². The zero-order valence-electron chi connectivity index (χ0n) is 21.8. The van der Waals surface area contributed by atoms with Crippen molar-refractivity contribution in [3.8, 4) is 0 Å². The van der Waals surface area contributed by atoms with Gasteiger partial charge in [-0.25, -0.2) is 4.79 Å². The number of hydrogen-bond acceptors (Lipinski definition) is 8. The van der Waals surface area contributed by atoms with Crippen molar-refractivity contribution in [2.45, 2.75) is 72.8 Å². The first-order valence-electron chi connectivity index (χ1n) is 12.5. The predicted molar refractivity (Wildman–Crippen MR) is 114 cm³/mol. The number of hydrogen-bond donors (Lipinski definition) is 1. The molecule has 4 bridgehead atoms. The molecule has 1 saturated heterocycles. The van der Waals surface area contributed by atoms with Crippen LogP contribution in [0.3, 0.4) is 0 Å². The van der Waals surface area contributed by atoms with Crippen LogP contribution in [0.15, 0.2) is 0 Å². The van der Waals surface area contributed by atoms with Crippen LogP contribution in [0.4, 0.5) is 52.7 Å². The van der Waals surface area contributed by atoms with Crippen molar-refractivity contribution in [3.05, 3.63) is 0 Å². The van der Waals surface area contributed by atoms with Crippen LogP contribution < -0.4 is 0 Å². The average molecular weight is 690 g/mol. The highest BCUT2D eigenvalue weighted by atomic mass is 32.2. The first kappa shape index (κ1) is 34.8. The first-order valence-corrected chi connectivity index (χ1v) is 14.0. The molecular weight excluding hydrogens is 668 g/mol. The highest BCUT2D eigenvalue weighted by Crippen LogP contribution is 2.66. The topological polar surface area (TPSA) is 125 Å². The molecule has 5 rings (SSSR count). The Balaban J connectivity index is 1.45. The lowest BCUT2D eigenvalue weighted by Gasteiger charge is -2.63. The molecule has 0 aromatic carbocycles. The molecule has 9 nitrogen and oxygen atoms in total. The van der Waals surface area contributed by atoms with Gasteiger partial charge in [-0.2, -0.15) is 61.1 Å². The number of rotatable bonds is 8. The van der Waals surface area contributed by atoms with E-state index in [2.05, 4.69) is 9.47 Å². The van der Waals surface area contributed by atoms with Gasteiger partial charge < -0.3 is 18.9 Å². The Kier molecular flexibility index (Phi) is 8.08. The molecule has 2 atom stereocenters. The lowest BCUT2D eigenvalue weighted by Crippen LogP contribution is -2.69. The molecule has 22 heteroatoms. The van der Waals surface area contributed by atoms with Crippen molar-refractivity contribution < 1.29 is 94.2 Å². The Morgan fingerprint density at radius 3 is 1.64 bits per heavy atom. The Bertz CT molecular complexity index is 1250. The fourth-order valence-corrected chi connectivity index (χ4v) is 6.68. The standard InChI is InChI=1S/C22H22F12O9S/c23-16(24,17(25,26)7-41-14(36)21(31,32)44(37,38)39)6-40-13(35)15-3-10-1-11(4-15)20(12(2-10)5-15)42-8-18(27,28)22(33,34)19(29,30)9-43-20/h10-12H,1-9H2,(H,37,38,39). The molecule has 1 spiro atoms. The largest absolute Gasteiger partial charge is 0.465 e. The van der Waals surface area contributed by atoms with E-state index in [1.54, 1.807) is 0 Å². The molecule has 1 aliphatic heterocycles. The van der Waals surface area contributed by atoms with E-state index in [1.807, 2.05) is 0 Å². The molecule has 44 heavy (non-hydrogen) atoms. The predicted octanol–water partition coefficient (Wildman–Crippen LogP) is 4.30. The van der Waals surface area contributed by atoms with Gasteiger partial charge in [-0.3, -0.25) is 9.35 Å². The highest BCUT2D eigenvalue weighted by Gasteiger charge is 2.76. The SMILES string of the molecule is O=C(OCC(F)(F)C(F)(F)COC(=O)C(F)(F)S(=O)(=O)O)C12CC3CC(C1)C1(OCC(F)(F)C(F)(F)C(F)(F)CO1)C(C3)C2. The lowest BCUT2D eigenvalue weighted by atomic mass is 9.47. The van der Waals surface area contributed by atoms with Gasteiger partial charge in [-0.15, -0.1) is 0 Å². The molecule has 4 aliphatic carbocycles. The summed E-state index contributed by atoms with van der Waals surface area (Å²) in [7, 11) is -6.51. The molecule has 0 aromatic rings. The number of ether oxygens (including phenoxy) is 4. The maximum Gasteiger partial charge on any atom is 0.465 e. The molecule has 0 amide bonds. The van der Waals surface area contributed by atoms with Crippen molar-refractivity contribution in [1.29, 1.82) is 0 Å². The second kappa shape index (κ2) is 10.2. The van der Waals surface area contributed by atoms with Gasteiger partial charge in [0.2, 0.25) is 0 Å². The maximum absolute atomic E-state index is 14.3. The molecule has 2 unspecified atom stereocenters. The number of halogens is 12.